The lowest BCUT2D eigenvalue weighted by molar-refractivity contribution is -0.137. The van der Waals surface area contributed by atoms with Crippen LogP contribution >= 0.6 is 11.3 Å². The molecule has 5 rings (SSSR count). The Bertz CT molecular complexity index is 1400. The first-order chi connectivity index (χ1) is 21.3. The molecule has 0 atom stereocenters. The Morgan fingerprint density at radius 2 is 1.80 bits per heavy atom. The number of aliphatic hydroxyl groups excluding tert-OH is 2. The third-order valence-electron chi connectivity index (χ3n) is 8.58. The fourth-order valence-corrected chi connectivity index (χ4v) is 7.22. The summed E-state index contributed by atoms with van der Waals surface area (Å²) in [6, 6.07) is 9.14. The van der Waals surface area contributed by atoms with Crippen molar-refractivity contribution >= 4 is 17.2 Å². The number of piperidine rings is 1. The predicted octanol–water partition coefficient (Wildman–Crippen LogP) is 5.96. The van der Waals surface area contributed by atoms with E-state index in [1.807, 2.05) is 0 Å². The van der Waals surface area contributed by atoms with Crippen LogP contribution < -0.4 is 10.1 Å². The van der Waals surface area contributed by atoms with Crippen molar-refractivity contribution in [1.29, 1.82) is 0 Å². The van der Waals surface area contributed by atoms with Gasteiger partial charge in [-0.1, -0.05) is 24.3 Å². The van der Waals surface area contributed by atoms with Gasteiger partial charge in [-0.25, -0.2) is 4.98 Å². The second-order valence-corrected chi connectivity index (χ2v) is 12.5. The molecule has 238 valence electrons. The number of alkyl halides is 3. The van der Waals surface area contributed by atoms with Crippen LogP contribution in [0.5, 0.6) is 5.75 Å². The van der Waals surface area contributed by atoms with E-state index in [1.54, 1.807) is 0 Å². The Labute approximate surface area is 260 Å². The number of hydrogen-bond donors (Lipinski definition) is 3. The number of aromatic nitrogens is 1. The van der Waals surface area contributed by atoms with Crippen LogP contribution in [0.25, 0.3) is 10.6 Å². The van der Waals surface area contributed by atoms with Gasteiger partial charge >= 0.3 is 6.18 Å². The predicted molar refractivity (Wildman–Crippen MR) is 164 cm³/mol. The number of halogens is 3. The van der Waals surface area contributed by atoms with Gasteiger partial charge in [-0.05, 0) is 106 Å². The number of benzene rings is 2. The molecular formula is C33H40F3N3O4S. The average molecular weight is 632 g/mol. The monoisotopic (exact) mass is 631 g/mol. The number of aryl methyl sites for hydroxylation is 1. The number of carbonyl (C=O) groups is 1. The highest BCUT2D eigenvalue weighted by molar-refractivity contribution is 7.17. The number of hydrogen-bond acceptors (Lipinski definition) is 7. The Morgan fingerprint density at radius 1 is 1.05 bits per heavy atom. The van der Waals surface area contributed by atoms with Gasteiger partial charge in [0.1, 0.15) is 22.2 Å². The molecule has 2 aromatic carbocycles. The molecule has 0 bridgehead atoms. The minimum Gasteiger partial charge on any atom is -0.491 e. The van der Waals surface area contributed by atoms with E-state index >= 15 is 0 Å². The summed E-state index contributed by atoms with van der Waals surface area (Å²) in [6.07, 6.45) is 3.96. The van der Waals surface area contributed by atoms with Gasteiger partial charge in [0.05, 0.1) is 24.5 Å². The molecule has 1 saturated heterocycles. The largest absolute Gasteiger partial charge is 0.491 e. The smallest absolute Gasteiger partial charge is 0.416 e. The lowest BCUT2D eigenvalue weighted by atomic mass is 9.83. The minimum atomic E-state index is -4.43. The molecule has 1 aliphatic heterocycles. The van der Waals surface area contributed by atoms with E-state index in [4.69, 9.17) is 4.74 Å². The first-order valence-electron chi connectivity index (χ1n) is 15.5. The van der Waals surface area contributed by atoms with Gasteiger partial charge in [-0.15, -0.1) is 11.3 Å². The molecule has 7 nitrogen and oxygen atoms in total. The number of amides is 1. The molecule has 3 aromatic rings. The molecule has 2 aliphatic rings. The fourth-order valence-electron chi connectivity index (χ4n) is 6.22. The quantitative estimate of drug-likeness (QED) is 0.214. The van der Waals surface area contributed by atoms with Gasteiger partial charge in [0.25, 0.3) is 5.91 Å². The molecule has 1 fully saturated rings. The van der Waals surface area contributed by atoms with Crippen LogP contribution in [-0.4, -0.2) is 65.4 Å². The van der Waals surface area contributed by atoms with Crippen molar-refractivity contribution in [2.75, 3.05) is 39.4 Å². The summed E-state index contributed by atoms with van der Waals surface area (Å²) < 4.78 is 44.8. The van der Waals surface area contributed by atoms with Crippen molar-refractivity contribution in [2.24, 2.45) is 0 Å². The summed E-state index contributed by atoms with van der Waals surface area (Å²) in [4.78, 5) is 19.9. The van der Waals surface area contributed by atoms with Crippen molar-refractivity contribution in [3.05, 3.63) is 69.2 Å². The molecule has 1 amide bonds. The van der Waals surface area contributed by atoms with E-state index in [1.165, 1.54) is 41.7 Å². The van der Waals surface area contributed by atoms with Crippen LogP contribution in [0.2, 0.25) is 0 Å². The molecule has 0 spiro atoms. The number of ether oxygens (including phenoxy) is 1. The zero-order chi connectivity index (χ0) is 31.1. The number of carbonyl (C=O) groups excluding carboxylic acids is 1. The summed E-state index contributed by atoms with van der Waals surface area (Å²) in [6.45, 7) is 3.33. The summed E-state index contributed by atoms with van der Waals surface area (Å²) in [5.41, 5.74) is 3.94. The van der Waals surface area contributed by atoms with Crippen LogP contribution in [0.15, 0.2) is 36.4 Å². The van der Waals surface area contributed by atoms with Gasteiger partial charge in [0.2, 0.25) is 0 Å². The summed E-state index contributed by atoms with van der Waals surface area (Å²) in [5, 5.41) is 22.4. The highest BCUT2D eigenvalue weighted by Crippen LogP contribution is 2.40. The molecular weight excluding hydrogens is 591 g/mol. The van der Waals surface area contributed by atoms with Crippen molar-refractivity contribution in [1.82, 2.24) is 15.2 Å². The highest BCUT2D eigenvalue weighted by atomic mass is 32.1. The molecule has 1 aliphatic carbocycles. The number of unbranched alkanes of at least 4 members (excludes halogenated alkanes) is 1. The lowest BCUT2D eigenvalue weighted by Gasteiger charge is -2.34. The third-order valence-corrected chi connectivity index (χ3v) is 9.72. The standard InChI is InChI=1S/C33H40F3N3O4S/c34-33(35,36)25-10-7-24(8-11-25)32-38-28(21-41)30(44-32)31(42)37-15-3-4-16-39-17-13-23(14-18-39)27-12-9-22-5-1-2-6-26(22)29(27)43-20-19-40/h7-12,23,40-41H,1-6,13-21H2,(H,37,42). The van der Waals surface area contributed by atoms with Gasteiger partial charge in [0, 0.05) is 12.1 Å². The van der Waals surface area contributed by atoms with Crippen LogP contribution in [0, 0.1) is 0 Å². The van der Waals surface area contributed by atoms with Crippen molar-refractivity contribution in [3.63, 3.8) is 0 Å². The van der Waals surface area contributed by atoms with Gasteiger partial charge in [-0.2, -0.15) is 13.2 Å². The Balaban J connectivity index is 1.07. The molecule has 11 heteroatoms. The minimum absolute atomic E-state index is 0.0125. The van der Waals surface area contributed by atoms with E-state index in [2.05, 4.69) is 27.3 Å². The summed E-state index contributed by atoms with van der Waals surface area (Å²) in [7, 11) is 0. The Hall–Kier alpha value is -2.99. The molecule has 1 aromatic heterocycles. The normalized spacial score (nSPS) is 16.1. The van der Waals surface area contributed by atoms with Crippen LogP contribution in [0.4, 0.5) is 13.2 Å². The number of nitrogens with one attached hydrogen (secondary N) is 1. The Kier molecular flexibility index (Phi) is 10.9. The summed E-state index contributed by atoms with van der Waals surface area (Å²) in [5.74, 6) is 1.12. The third kappa shape index (κ3) is 7.80. The topological polar surface area (TPSA) is 94.9 Å². The average Bonchev–Trinajstić information content (AvgIpc) is 3.48. The van der Waals surface area contributed by atoms with E-state index in [0.29, 0.717) is 29.6 Å². The zero-order valence-electron chi connectivity index (χ0n) is 24.8. The van der Waals surface area contributed by atoms with Gasteiger partial charge in [-0.3, -0.25) is 4.79 Å². The van der Waals surface area contributed by atoms with Crippen LogP contribution in [0.1, 0.15) is 82.1 Å². The van der Waals surface area contributed by atoms with Gasteiger partial charge < -0.3 is 25.2 Å². The molecule has 0 unspecified atom stereocenters. The molecule has 3 N–H and O–H groups in total. The van der Waals surface area contributed by atoms with Crippen LogP contribution in [0.3, 0.4) is 0 Å². The van der Waals surface area contributed by atoms with E-state index in [0.717, 1.165) is 87.4 Å². The highest BCUT2D eigenvalue weighted by Gasteiger charge is 2.30. The number of thiazole rings is 1. The molecule has 44 heavy (non-hydrogen) atoms. The molecule has 0 radical (unpaired) electrons. The second-order valence-electron chi connectivity index (χ2n) is 11.5. The van der Waals surface area contributed by atoms with E-state index in [-0.39, 0.29) is 23.1 Å². The van der Waals surface area contributed by atoms with Crippen molar-refractivity contribution in [2.45, 2.75) is 70.1 Å². The SMILES string of the molecule is O=C(NCCCCN1CCC(c2ccc3c(c2OCCO)CCCC3)CC1)c1sc(-c2ccc(C(F)(F)F)cc2)nc1CO. The van der Waals surface area contributed by atoms with Crippen molar-refractivity contribution < 1.29 is 32.9 Å². The van der Waals surface area contributed by atoms with E-state index < -0.39 is 18.3 Å². The zero-order valence-corrected chi connectivity index (χ0v) is 25.6. The lowest BCUT2D eigenvalue weighted by Crippen LogP contribution is -2.34. The first-order valence-corrected chi connectivity index (χ1v) is 16.3. The number of aliphatic hydroxyl groups is 2. The van der Waals surface area contributed by atoms with Crippen LogP contribution in [-0.2, 0) is 25.6 Å². The second kappa shape index (κ2) is 14.9. The number of fused-ring (bicyclic) bond motifs is 1. The number of rotatable bonds is 12. The fraction of sp³-hybridized carbons (Fsp3) is 0.515. The maximum Gasteiger partial charge on any atom is 0.416 e. The first kappa shape index (κ1) is 32.4. The number of likely N-dealkylation sites (tertiary alicyclic amines) is 1. The molecule has 2 heterocycles. The molecule has 0 saturated carbocycles. The Morgan fingerprint density at radius 3 is 2.50 bits per heavy atom. The summed E-state index contributed by atoms with van der Waals surface area (Å²) >= 11 is 1.06. The number of nitrogens with zero attached hydrogens (tertiary/aromatic N) is 2. The van der Waals surface area contributed by atoms with Gasteiger partial charge in [0.15, 0.2) is 0 Å². The van der Waals surface area contributed by atoms with Crippen molar-refractivity contribution in [3.8, 4) is 16.3 Å². The maximum absolute atomic E-state index is 12.9. The van der Waals surface area contributed by atoms with E-state index in [9.17, 15) is 28.2 Å². The maximum atomic E-state index is 12.9.